The van der Waals surface area contributed by atoms with Gasteiger partial charge in [-0.15, -0.1) is 0 Å². The molecule has 8 bridgehead atoms. The highest BCUT2D eigenvalue weighted by Gasteiger charge is 2.58. The van der Waals surface area contributed by atoms with E-state index in [1.54, 1.807) is 0 Å². The van der Waals surface area contributed by atoms with Gasteiger partial charge in [-0.05, 0) is 148 Å². The summed E-state index contributed by atoms with van der Waals surface area (Å²) < 4.78 is 137. The highest BCUT2D eigenvalue weighted by molar-refractivity contribution is 7.90. The van der Waals surface area contributed by atoms with Crippen LogP contribution >= 0.6 is 23.2 Å². The summed E-state index contributed by atoms with van der Waals surface area (Å²) in [5.41, 5.74) is 0. The summed E-state index contributed by atoms with van der Waals surface area (Å²) in [5.74, 6) is -1.21. The first-order valence-corrected chi connectivity index (χ1v) is 30.2. The lowest BCUT2D eigenvalue weighted by Gasteiger charge is -2.38. The van der Waals surface area contributed by atoms with Gasteiger partial charge >= 0.3 is 0 Å². The zero-order valence-corrected chi connectivity index (χ0v) is 41.1. The first-order chi connectivity index (χ1) is 31.6. The first kappa shape index (κ1) is 49.3. The molecule has 9 fully saturated rings. The van der Waals surface area contributed by atoms with Gasteiger partial charge in [-0.3, -0.25) is 56.2 Å². The maximum Gasteiger partial charge on any atom is 0.267 e. The molecule has 30 heteroatoms. The summed E-state index contributed by atoms with van der Waals surface area (Å²) in [6, 6.07) is 0. The summed E-state index contributed by atoms with van der Waals surface area (Å²) in [6.07, 6.45) is 0.754. The van der Waals surface area contributed by atoms with E-state index in [9.17, 15) is 47.3 Å². The molecule has 20 atom stereocenters. The van der Waals surface area contributed by atoms with Crippen LogP contribution in [0.5, 0.6) is 0 Å². The zero-order valence-electron chi connectivity index (χ0n) is 36.3. The number of aromatic nitrogens is 3. The third kappa shape index (κ3) is 10.1. The van der Waals surface area contributed by atoms with E-state index < -0.39 is 86.0 Å². The number of rotatable bonds is 9. The van der Waals surface area contributed by atoms with Crippen molar-refractivity contribution in [3.05, 3.63) is 10.6 Å². The van der Waals surface area contributed by atoms with E-state index in [1.807, 2.05) is 0 Å². The van der Waals surface area contributed by atoms with Crippen LogP contribution < -0.4 is 52.6 Å². The minimum absolute atomic E-state index is 0.0288. The fourth-order valence-corrected chi connectivity index (χ4v) is 18.4. The van der Waals surface area contributed by atoms with Crippen LogP contribution in [0.1, 0.15) is 77.0 Å². The second-order valence-electron chi connectivity index (χ2n) is 20.3. The van der Waals surface area contributed by atoms with Crippen molar-refractivity contribution < 1.29 is 47.3 Å². The molecule has 0 spiro atoms. The van der Waals surface area contributed by atoms with Crippen molar-refractivity contribution >= 4 is 69.5 Å². The maximum atomic E-state index is 14.0. The van der Waals surface area contributed by atoms with Crippen molar-refractivity contribution in [1.29, 1.82) is 0 Å². The average molecular weight is 1060 g/mol. The Kier molecular flexibility index (Phi) is 13.7. The Hall–Kier alpha value is -1.29. The van der Waals surface area contributed by atoms with E-state index >= 15 is 0 Å². The minimum Gasteiger partial charge on any atom is -0.353 e. The van der Waals surface area contributed by atoms with E-state index in [4.69, 9.17) is 23.2 Å². The molecule has 4 aliphatic carbocycles. The minimum atomic E-state index is -4.35. The standard InChI is InChI=1S/C37H61Cl2N13O11S4/c38-35-50-36(39)52-37(51-35)40-9-10-41-64(53,54)15-1-5-19-23(11-15)31-42-27(19)44-32-25-13-17(66(58,59)60)3-7-21(25)29(46-32)48-34-26-14-18(67(61,62)63)4-8-22(26)30(49-34)47-33-24-12-16(65(55,56)57)2-6-20(24)28(43-31)45-33/h15-34,41-49H,1-14H2,(H,55,56,57)(H,58,59,60)(H,61,62,63)(H,40,50,51,52). The molecule has 0 aromatic carbocycles. The lowest BCUT2D eigenvalue weighted by atomic mass is 9.76. The van der Waals surface area contributed by atoms with Crippen LogP contribution in [0.2, 0.25) is 10.6 Å². The van der Waals surface area contributed by atoms with Crippen molar-refractivity contribution in [2.45, 2.75) is 147 Å². The first-order valence-electron chi connectivity index (χ1n) is 23.4. The molecule has 24 nitrogen and oxygen atoms in total. The number of hydrogen-bond acceptors (Lipinski definition) is 20. The zero-order chi connectivity index (χ0) is 47.4. The second-order valence-corrected chi connectivity index (χ2v) is 28.1. The van der Waals surface area contributed by atoms with Gasteiger partial charge in [-0.1, -0.05) is 0 Å². The smallest absolute Gasteiger partial charge is 0.267 e. The Bertz CT molecular complexity index is 2440. The largest absolute Gasteiger partial charge is 0.353 e. The fourth-order valence-electron chi connectivity index (χ4n) is 13.8. The van der Waals surface area contributed by atoms with E-state index in [-0.39, 0.29) is 140 Å². The quantitative estimate of drug-likeness (QED) is 0.101. The fraction of sp³-hybridized carbons (Fsp3) is 0.919. The monoisotopic (exact) mass is 1060 g/mol. The molecular formula is C37H61Cl2N13O11S4. The van der Waals surface area contributed by atoms with Crippen LogP contribution in [0.15, 0.2) is 0 Å². The molecule has 5 aliphatic heterocycles. The van der Waals surface area contributed by atoms with Crippen LogP contribution in [-0.4, -0.2) is 146 Å². The molecule has 4 saturated carbocycles. The third-order valence-electron chi connectivity index (χ3n) is 16.9. The second kappa shape index (κ2) is 18.6. The van der Waals surface area contributed by atoms with Gasteiger partial charge in [0.25, 0.3) is 30.4 Å². The molecule has 0 amide bonds. The normalized spacial score (nSPS) is 44.6. The summed E-state index contributed by atoms with van der Waals surface area (Å²) in [6.45, 7) is 0.172. The molecular weight excluding hydrogens is 1000 g/mol. The van der Waals surface area contributed by atoms with Crippen molar-refractivity contribution in [3.63, 3.8) is 0 Å². The highest BCUT2D eigenvalue weighted by atomic mass is 35.5. The van der Waals surface area contributed by atoms with Crippen LogP contribution in [0.3, 0.4) is 0 Å². The molecule has 9 aliphatic rings. The van der Waals surface area contributed by atoms with Gasteiger partial charge in [0.05, 0.1) is 70.3 Å². The predicted molar refractivity (Wildman–Crippen MR) is 244 cm³/mol. The summed E-state index contributed by atoms with van der Waals surface area (Å²) in [4.78, 5) is 11.6. The highest BCUT2D eigenvalue weighted by Crippen LogP contribution is 2.47. The van der Waals surface area contributed by atoms with Gasteiger partial charge in [0, 0.05) is 13.1 Å². The molecule has 6 heterocycles. The average Bonchev–Trinajstić information content (AvgIpc) is 3.98. The molecule has 378 valence electrons. The maximum absolute atomic E-state index is 14.0. The third-order valence-corrected chi connectivity index (χ3v) is 23.0. The summed E-state index contributed by atoms with van der Waals surface area (Å²) in [7, 11) is -16.9. The lowest BCUT2D eigenvalue weighted by Crippen LogP contribution is -2.61. The molecule has 20 unspecified atom stereocenters. The van der Waals surface area contributed by atoms with Gasteiger partial charge in [0.2, 0.25) is 26.5 Å². The molecule has 10 rings (SSSR count). The van der Waals surface area contributed by atoms with Gasteiger partial charge < -0.3 is 5.32 Å². The molecule has 0 radical (unpaired) electrons. The number of hydrogen-bond donors (Lipinski definition) is 13. The van der Waals surface area contributed by atoms with E-state index in [0.29, 0.717) is 38.5 Å². The van der Waals surface area contributed by atoms with Gasteiger partial charge in [-0.25, -0.2) is 13.1 Å². The lowest BCUT2D eigenvalue weighted by molar-refractivity contribution is 0.167. The molecule has 1 aromatic heterocycles. The number of sulfonamides is 1. The van der Waals surface area contributed by atoms with E-state index in [0.717, 1.165) is 0 Å². The SMILES string of the molecule is O=S(=O)(O)C1CCC2C3NC(NC4NC(NC5NC(NC6NC(N3)C3CC(S(=O)(=O)O)CCC63)C3CC(S(=O)(=O)NCCNc6nc(Cl)nc(Cl)n6)CCC53)C3CC(S(=O)(=O)O)CCC43)C2C1. The number of nitrogens with one attached hydrogen (secondary N) is 10. The van der Waals surface area contributed by atoms with Crippen LogP contribution in [0, 0.1) is 47.3 Å². The van der Waals surface area contributed by atoms with E-state index in [1.165, 1.54) is 0 Å². The van der Waals surface area contributed by atoms with Gasteiger partial charge in [0.15, 0.2) is 0 Å². The Morgan fingerprint density at radius 2 is 0.701 bits per heavy atom. The Morgan fingerprint density at radius 1 is 0.418 bits per heavy atom. The molecule has 67 heavy (non-hydrogen) atoms. The summed E-state index contributed by atoms with van der Waals surface area (Å²) >= 11 is 11.8. The number of fused-ring (bicyclic) bond motifs is 20. The Morgan fingerprint density at radius 3 is 1.01 bits per heavy atom. The number of halogens is 2. The number of anilines is 1. The molecule has 5 saturated heterocycles. The molecule has 1 aromatic rings. The van der Waals surface area contributed by atoms with Gasteiger partial charge in [0.1, 0.15) is 0 Å². The van der Waals surface area contributed by atoms with Crippen molar-refractivity contribution in [2.75, 3.05) is 18.4 Å². The van der Waals surface area contributed by atoms with Crippen LogP contribution in [0.25, 0.3) is 0 Å². The predicted octanol–water partition coefficient (Wildman–Crippen LogP) is -1.29. The molecule has 13 N–H and O–H groups in total. The summed E-state index contributed by atoms with van der Waals surface area (Å²) in [5, 5.41) is 29.3. The van der Waals surface area contributed by atoms with Gasteiger partial charge in [-0.2, -0.15) is 40.2 Å². The number of nitrogens with zero attached hydrogens (tertiary/aromatic N) is 3. The topological polar surface area (TPSA) is 356 Å². The van der Waals surface area contributed by atoms with Crippen molar-refractivity contribution in [1.82, 2.24) is 62.2 Å². The van der Waals surface area contributed by atoms with Crippen molar-refractivity contribution in [3.8, 4) is 0 Å². The van der Waals surface area contributed by atoms with E-state index in [2.05, 4.69) is 67.5 Å². The van der Waals surface area contributed by atoms with Crippen molar-refractivity contribution in [2.24, 2.45) is 47.3 Å². The van der Waals surface area contributed by atoms with Crippen LogP contribution in [-0.2, 0) is 40.4 Å². The Balaban J connectivity index is 0.946. The van der Waals surface area contributed by atoms with Crippen LogP contribution in [0.4, 0.5) is 5.95 Å². The Labute approximate surface area is 400 Å².